The van der Waals surface area contributed by atoms with Gasteiger partial charge in [0, 0.05) is 56.4 Å². The van der Waals surface area contributed by atoms with Crippen molar-refractivity contribution in [3.05, 3.63) is 102 Å². The number of carbonyl (C=O) groups excluding carboxylic acids is 2. The number of aromatic nitrogens is 1. The van der Waals surface area contributed by atoms with E-state index in [1.54, 1.807) is 29.1 Å². The summed E-state index contributed by atoms with van der Waals surface area (Å²) in [6.45, 7) is 11.2. The average molecular weight is 616 g/mol. The number of nitrogens with zero attached hydrogens (tertiary/aromatic N) is 4. The van der Waals surface area contributed by atoms with Gasteiger partial charge in [0.05, 0.1) is 6.04 Å². The Labute approximate surface area is 266 Å². The molecule has 2 saturated heterocycles. The number of nitrogens with one attached hydrogen (secondary N) is 1. The zero-order valence-corrected chi connectivity index (χ0v) is 26.9. The predicted octanol–water partition coefficient (Wildman–Crippen LogP) is 5.74. The lowest BCUT2D eigenvalue weighted by molar-refractivity contribution is -0.125. The van der Waals surface area contributed by atoms with Crippen LogP contribution in [-0.4, -0.2) is 88.3 Å². The fraction of sp³-hybridized carbons (Fsp3) is 0.457. The molecular weight excluding hydrogens is 570 g/mol. The Morgan fingerprint density at radius 2 is 1.59 bits per heavy atom. The first kappa shape index (κ1) is 32.0. The molecule has 8 nitrogen and oxygen atoms in total. The van der Waals surface area contributed by atoms with E-state index in [1.807, 2.05) is 32.9 Å². The summed E-state index contributed by atoms with van der Waals surface area (Å²) >= 11 is 1.57. The van der Waals surface area contributed by atoms with Crippen molar-refractivity contribution in [3.63, 3.8) is 0 Å². The molecule has 234 valence electrons. The van der Waals surface area contributed by atoms with E-state index in [0.717, 1.165) is 51.1 Å². The summed E-state index contributed by atoms with van der Waals surface area (Å²) in [5, 5.41) is 2.79. The van der Waals surface area contributed by atoms with Gasteiger partial charge in [-0.2, -0.15) is 0 Å². The molecule has 44 heavy (non-hydrogen) atoms. The molecule has 1 unspecified atom stereocenters. The smallest absolute Gasteiger partial charge is 0.412 e. The van der Waals surface area contributed by atoms with Crippen molar-refractivity contribution >= 4 is 23.8 Å². The van der Waals surface area contributed by atoms with E-state index in [2.05, 4.69) is 80.8 Å². The third kappa shape index (κ3) is 8.40. The summed E-state index contributed by atoms with van der Waals surface area (Å²) in [5.74, 6) is 0.387. The second kappa shape index (κ2) is 15.1. The van der Waals surface area contributed by atoms with Gasteiger partial charge in [-0.25, -0.2) is 4.79 Å². The van der Waals surface area contributed by atoms with Gasteiger partial charge in [0.1, 0.15) is 17.0 Å². The molecular formula is C35H45N5O3S. The topological polar surface area (TPSA) is 78.0 Å². The molecule has 0 radical (unpaired) electrons. The third-order valence-corrected chi connectivity index (χ3v) is 9.40. The molecule has 2 amide bonds. The van der Waals surface area contributed by atoms with Crippen molar-refractivity contribution in [2.75, 3.05) is 45.0 Å². The van der Waals surface area contributed by atoms with Crippen LogP contribution in [0.2, 0.25) is 0 Å². The highest BCUT2D eigenvalue weighted by molar-refractivity contribution is 7.99. The first-order chi connectivity index (χ1) is 21.3. The number of hydrogen-bond acceptors (Lipinski definition) is 7. The van der Waals surface area contributed by atoms with Crippen LogP contribution < -0.4 is 5.32 Å². The highest BCUT2D eigenvalue weighted by Crippen LogP contribution is 2.42. The summed E-state index contributed by atoms with van der Waals surface area (Å²) in [6.07, 6.45) is 4.88. The molecule has 3 aromatic rings. The van der Waals surface area contributed by atoms with E-state index >= 15 is 0 Å². The highest BCUT2D eigenvalue weighted by Gasteiger charge is 2.44. The zero-order chi connectivity index (χ0) is 30.9. The van der Waals surface area contributed by atoms with E-state index in [0.29, 0.717) is 12.3 Å². The van der Waals surface area contributed by atoms with Crippen LogP contribution in [0.3, 0.4) is 0 Å². The number of pyridine rings is 1. The van der Waals surface area contributed by atoms with Crippen molar-refractivity contribution in [1.82, 2.24) is 25.0 Å². The zero-order valence-electron chi connectivity index (χ0n) is 26.1. The summed E-state index contributed by atoms with van der Waals surface area (Å²) in [7, 11) is 0. The minimum absolute atomic E-state index is 0.128. The van der Waals surface area contributed by atoms with Crippen LogP contribution in [-0.2, 0) is 9.53 Å². The van der Waals surface area contributed by atoms with E-state index in [1.165, 1.54) is 11.1 Å². The van der Waals surface area contributed by atoms with Gasteiger partial charge in [-0.15, -0.1) is 11.8 Å². The second-order valence-electron chi connectivity index (χ2n) is 12.5. The molecule has 2 fully saturated rings. The minimum Gasteiger partial charge on any atom is -0.444 e. The number of rotatable bonds is 10. The Hall–Kier alpha value is -3.40. The van der Waals surface area contributed by atoms with Crippen LogP contribution in [0.25, 0.3) is 0 Å². The molecule has 2 aromatic carbocycles. The van der Waals surface area contributed by atoms with Gasteiger partial charge in [-0.3, -0.25) is 19.6 Å². The first-order valence-electron chi connectivity index (χ1n) is 15.7. The Bertz CT molecular complexity index is 1290. The lowest BCUT2D eigenvalue weighted by Gasteiger charge is -2.40. The quantitative estimate of drug-likeness (QED) is 0.292. The van der Waals surface area contributed by atoms with Gasteiger partial charge in [0.2, 0.25) is 5.91 Å². The van der Waals surface area contributed by atoms with Crippen LogP contribution in [0.4, 0.5) is 4.79 Å². The lowest BCUT2D eigenvalue weighted by atomic mass is 9.96. The van der Waals surface area contributed by atoms with Crippen LogP contribution in [0.5, 0.6) is 0 Å². The molecule has 1 N–H and O–H groups in total. The highest BCUT2D eigenvalue weighted by atomic mass is 32.2. The Morgan fingerprint density at radius 1 is 0.932 bits per heavy atom. The second-order valence-corrected chi connectivity index (χ2v) is 13.6. The van der Waals surface area contributed by atoms with Gasteiger partial charge in [-0.05, 0) is 57.4 Å². The lowest BCUT2D eigenvalue weighted by Crippen LogP contribution is -2.49. The van der Waals surface area contributed by atoms with E-state index in [4.69, 9.17) is 4.74 Å². The Kier molecular flexibility index (Phi) is 11.0. The normalized spacial score (nSPS) is 19.7. The van der Waals surface area contributed by atoms with Gasteiger partial charge >= 0.3 is 6.09 Å². The van der Waals surface area contributed by atoms with Crippen molar-refractivity contribution in [3.8, 4) is 0 Å². The van der Waals surface area contributed by atoms with Crippen molar-refractivity contribution in [2.24, 2.45) is 0 Å². The van der Waals surface area contributed by atoms with E-state index in [-0.39, 0.29) is 17.3 Å². The standard InChI is InChI=1S/C35H45N5O3S/c1-35(2,3)43-34(42)40-30(26-44-33(40)29-17-12-18-36-25-29)32(41)37-19-10-11-20-38-21-23-39(24-22-38)31(27-13-6-4-7-14-27)28-15-8-5-9-16-28/h4-9,12-18,25,30-31,33H,10-11,19-24,26H2,1-3H3,(H,37,41)/t30-,33?/m0/s1. The molecule has 2 atom stereocenters. The fourth-order valence-electron chi connectivity index (χ4n) is 5.94. The number of unbranched alkanes of at least 4 members (excludes halogenated alkanes) is 1. The Balaban J connectivity index is 1.08. The van der Waals surface area contributed by atoms with Gasteiger partial charge in [0.15, 0.2) is 0 Å². The number of amides is 2. The predicted molar refractivity (Wildman–Crippen MR) is 176 cm³/mol. The number of thioether (sulfide) groups is 1. The molecule has 5 rings (SSSR count). The van der Waals surface area contributed by atoms with E-state index in [9.17, 15) is 9.59 Å². The molecule has 1 aromatic heterocycles. The monoisotopic (exact) mass is 615 g/mol. The van der Waals surface area contributed by atoms with Crippen LogP contribution in [0, 0.1) is 0 Å². The van der Waals surface area contributed by atoms with Crippen LogP contribution in [0.15, 0.2) is 85.2 Å². The first-order valence-corrected chi connectivity index (χ1v) is 16.7. The molecule has 9 heteroatoms. The Morgan fingerprint density at radius 3 is 2.18 bits per heavy atom. The summed E-state index contributed by atoms with van der Waals surface area (Å²) < 4.78 is 5.70. The summed E-state index contributed by atoms with van der Waals surface area (Å²) in [5.41, 5.74) is 2.90. The van der Waals surface area contributed by atoms with E-state index < -0.39 is 17.7 Å². The number of carbonyl (C=O) groups is 2. The van der Waals surface area contributed by atoms with Gasteiger partial charge in [-0.1, -0.05) is 66.7 Å². The number of hydrogen-bond donors (Lipinski definition) is 1. The van der Waals surface area contributed by atoms with Gasteiger partial charge < -0.3 is 15.0 Å². The van der Waals surface area contributed by atoms with Crippen molar-refractivity contribution in [2.45, 2.75) is 56.7 Å². The molecule has 0 spiro atoms. The average Bonchev–Trinajstić information content (AvgIpc) is 3.48. The number of benzene rings is 2. The fourth-order valence-corrected chi connectivity index (χ4v) is 7.35. The van der Waals surface area contributed by atoms with Crippen LogP contribution in [0.1, 0.15) is 61.7 Å². The molecule has 0 saturated carbocycles. The number of piperazine rings is 1. The molecule has 3 heterocycles. The summed E-state index contributed by atoms with van der Waals surface area (Å²) in [4.78, 5) is 37.4. The maximum atomic E-state index is 13.3. The molecule has 2 aliphatic rings. The number of ether oxygens (including phenoxy) is 1. The molecule has 0 bridgehead atoms. The van der Waals surface area contributed by atoms with Crippen LogP contribution >= 0.6 is 11.8 Å². The van der Waals surface area contributed by atoms with Crippen molar-refractivity contribution in [1.29, 1.82) is 0 Å². The molecule has 2 aliphatic heterocycles. The SMILES string of the molecule is CC(C)(C)OC(=O)N1C(c2cccnc2)SC[C@H]1C(=O)NCCCCN1CCN(C(c2ccccc2)c2ccccc2)CC1. The summed E-state index contributed by atoms with van der Waals surface area (Å²) in [6, 6.07) is 25.0. The maximum Gasteiger partial charge on any atom is 0.412 e. The third-order valence-electron chi connectivity index (χ3n) is 8.08. The maximum absolute atomic E-state index is 13.3. The minimum atomic E-state index is -0.652. The van der Waals surface area contributed by atoms with Crippen molar-refractivity contribution < 1.29 is 14.3 Å². The van der Waals surface area contributed by atoms with Gasteiger partial charge in [0.25, 0.3) is 0 Å². The largest absolute Gasteiger partial charge is 0.444 e. The molecule has 0 aliphatic carbocycles.